The van der Waals surface area contributed by atoms with E-state index in [1.165, 1.54) is 5.56 Å². The lowest BCUT2D eigenvalue weighted by Crippen LogP contribution is -2.32. The molecule has 0 aliphatic heterocycles. The third-order valence-electron chi connectivity index (χ3n) is 3.74. The number of halogens is 1. The number of benzene rings is 1. The standard InChI is InChI=1S/C14H18ClNO/c1-10(11-4-3-5-12(15)8-11)16(2)13-6-7-14(17)9-13/h3-5,8,10,13H,6-7,9H2,1-2H3. The fraction of sp³-hybridized carbons (Fsp3) is 0.500. The van der Waals surface area contributed by atoms with E-state index in [0.717, 1.165) is 17.9 Å². The van der Waals surface area contributed by atoms with Gasteiger partial charge in [-0.05, 0) is 38.1 Å². The molecule has 0 spiro atoms. The number of Topliss-reactive ketones (excluding diaryl/α,β-unsaturated/α-hetero) is 1. The Morgan fingerprint density at radius 2 is 2.24 bits per heavy atom. The summed E-state index contributed by atoms with van der Waals surface area (Å²) in [6.07, 6.45) is 2.42. The third kappa shape index (κ3) is 2.88. The van der Waals surface area contributed by atoms with E-state index in [4.69, 9.17) is 11.6 Å². The molecule has 2 atom stereocenters. The van der Waals surface area contributed by atoms with Crippen LogP contribution in [-0.4, -0.2) is 23.8 Å². The van der Waals surface area contributed by atoms with Gasteiger partial charge in [-0.3, -0.25) is 9.69 Å². The molecule has 0 aromatic heterocycles. The number of carbonyl (C=O) groups excluding carboxylic acids is 1. The van der Waals surface area contributed by atoms with Gasteiger partial charge in [0.2, 0.25) is 0 Å². The Morgan fingerprint density at radius 3 is 2.82 bits per heavy atom. The molecule has 1 saturated carbocycles. The predicted octanol–water partition coefficient (Wildman–Crippen LogP) is 3.45. The lowest BCUT2D eigenvalue weighted by Gasteiger charge is -2.30. The fourth-order valence-electron chi connectivity index (χ4n) is 2.46. The van der Waals surface area contributed by atoms with Crippen molar-refractivity contribution in [2.45, 2.75) is 38.3 Å². The second-order valence-electron chi connectivity index (χ2n) is 4.83. The van der Waals surface area contributed by atoms with Crippen molar-refractivity contribution in [3.63, 3.8) is 0 Å². The maximum atomic E-state index is 11.3. The molecule has 3 heteroatoms. The van der Waals surface area contributed by atoms with Gasteiger partial charge in [-0.1, -0.05) is 23.7 Å². The Bertz CT molecular complexity index is 418. The van der Waals surface area contributed by atoms with Crippen LogP contribution in [0.15, 0.2) is 24.3 Å². The van der Waals surface area contributed by atoms with Crippen LogP contribution in [-0.2, 0) is 4.79 Å². The molecule has 2 rings (SSSR count). The first-order valence-corrected chi connectivity index (χ1v) is 6.45. The average molecular weight is 252 g/mol. The van der Waals surface area contributed by atoms with E-state index >= 15 is 0 Å². The lowest BCUT2D eigenvalue weighted by molar-refractivity contribution is -0.117. The first-order valence-electron chi connectivity index (χ1n) is 6.07. The first kappa shape index (κ1) is 12.6. The SMILES string of the molecule is CC(c1cccc(Cl)c1)N(C)C1CCC(=O)C1. The predicted molar refractivity (Wildman–Crippen MR) is 70.3 cm³/mol. The molecule has 17 heavy (non-hydrogen) atoms. The summed E-state index contributed by atoms with van der Waals surface area (Å²) in [5.41, 5.74) is 1.21. The van der Waals surface area contributed by atoms with Crippen molar-refractivity contribution in [2.75, 3.05) is 7.05 Å². The maximum Gasteiger partial charge on any atom is 0.134 e. The molecule has 0 amide bonds. The van der Waals surface area contributed by atoms with Gasteiger partial charge < -0.3 is 0 Å². The van der Waals surface area contributed by atoms with Crippen LogP contribution in [0.1, 0.15) is 37.8 Å². The average Bonchev–Trinajstić information content (AvgIpc) is 2.74. The van der Waals surface area contributed by atoms with Gasteiger partial charge in [-0.25, -0.2) is 0 Å². The number of rotatable bonds is 3. The van der Waals surface area contributed by atoms with Crippen LogP contribution < -0.4 is 0 Å². The largest absolute Gasteiger partial charge is 0.300 e. The van der Waals surface area contributed by atoms with E-state index in [0.29, 0.717) is 24.3 Å². The van der Waals surface area contributed by atoms with Crippen molar-refractivity contribution in [3.8, 4) is 0 Å². The van der Waals surface area contributed by atoms with Gasteiger partial charge in [0.15, 0.2) is 0 Å². The van der Waals surface area contributed by atoms with Crippen LogP contribution in [0.5, 0.6) is 0 Å². The van der Waals surface area contributed by atoms with Crippen LogP contribution in [0.4, 0.5) is 0 Å². The summed E-state index contributed by atoms with van der Waals surface area (Å²) in [5.74, 6) is 0.389. The van der Waals surface area contributed by atoms with Gasteiger partial charge in [0.1, 0.15) is 5.78 Å². The Hall–Kier alpha value is -0.860. The van der Waals surface area contributed by atoms with Crippen molar-refractivity contribution in [1.29, 1.82) is 0 Å². The van der Waals surface area contributed by atoms with E-state index in [9.17, 15) is 4.79 Å². The van der Waals surface area contributed by atoms with Crippen molar-refractivity contribution in [2.24, 2.45) is 0 Å². The Labute approximate surface area is 108 Å². The van der Waals surface area contributed by atoms with Crippen molar-refractivity contribution < 1.29 is 4.79 Å². The summed E-state index contributed by atoms with van der Waals surface area (Å²) in [6.45, 7) is 2.16. The number of ketones is 1. The number of nitrogens with zero attached hydrogens (tertiary/aromatic N) is 1. The van der Waals surface area contributed by atoms with E-state index in [1.807, 2.05) is 18.2 Å². The minimum atomic E-state index is 0.296. The van der Waals surface area contributed by atoms with E-state index in [-0.39, 0.29) is 0 Å². The van der Waals surface area contributed by atoms with Crippen LogP contribution in [0.2, 0.25) is 5.02 Å². The van der Waals surface area contributed by atoms with E-state index in [2.05, 4.69) is 24.9 Å². The number of hydrogen-bond acceptors (Lipinski definition) is 2. The lowest BCUT2D eigenvalue weighted by atomic mass is 10.1. The van der Waals surface area contributed by atoms with Gasteiger partial charge in [0.05, 0.1) is 0 Å². The molecule has 1 aromatic carbocycles. The summed E-state index contributed by atoms with van der Waals surface area (Å²) in [7, 11) is 2.09. The minimum absolute atomic E-state index is 0.296. The second kappa shape index (κ2) is 5.19. The van der Waals surface area contributed by atoms with Gasteiger partial charge >= 0.3 is 0 Å². The Balaban J connectivity index is 2.09. The zero-order valence-electron chi connectivity index (χ0n) is 10.3. The second-order valence-corrected chi connectivity index (χ2v) is 5.27. The van der Waals surface area contributed by atoms with Crippen LogP contribution in [0.25, 0.3) is 0 Å². The quantitative estimate of drug-likeness (QED) is 0.820. The monoisotopic (exact) mass is 251 g/mol. The summed E-state index contributed by atoms with van der Waals surface area (Å²) >= 11 is 6.00. The number of carbonyl (C=O) groups is 1. The maximum absolute atomic E-state index is 11.3. The molecule has 92 valence electrons. The highest BCUT2D eigenvalue weighted by atomic mass is 35.5. The summed E-state index contributed by atoms with van der Waals surface area (Å²) in [6, 6.07) is 8.63. The molecule has 0 bridgehead atoms. The van der Waals surface area contributed by atoms with E-state index in [1.54, 1.807) is 0 Å². The molecule has 1 aliphatic rings. The molecule has 0 saturated heterocycles. The molecular weight excluding hydrogens is 234 g/mol. The topological polar surface area (TPSA) is 20.3 Å². The summed E-state index contributed by atoms with van der Waals surface area (Å²) in [5, 5.41) is 0.769. The molecule has 1 fully saturated rings. The van der Waals surface area contributed by atoms with Crippen molar-refractivity contribution >= 4 is 17.4 Å². The molecule has 0 heterocycles. The smallest absolute Gasteiger partial charge is 0.134 e. The van der Waals surface area contributed by atoms with Gasteiger partial charge in [-0.2, -0.15) is 0 Å². The van der Waals surface area contributed by atoms with Crippen LogP contribution in [0, 0.1) is 0 Å². The van der Waals surface area contributed by atoms with Gasteiger partial charge in [0.25, 0.3) is 0 Å². The molecule has 2 nitrogen and oxygen atoms in total. The minimum Gasteiger partial charge on any atom is -0.300 e. The first-order chi connectivity index (χ1) is 8.08. The highest BCUT2D eigenvalue weighted by molar-refractivity contribution is 6.30. The Kier molecular flexibility index (Phi) is 3.85. The molecule has 2 unspecified atom stereocenters. The highest BCUT2D eigenvalue weighted by Crippen LogP contribution is 2.28. The molecular formula is C14H18ClNO. The van der Waals surface area contributed by atoms with E-state index < -0.39 is 0 Å². The van der Waals surface area contributed by atoms with Crippen LogP contribution >= 0.6 is 11.6 Å². The van der Waals surface area contributed by atoms with Crippen molar-refractivity contribution in [3.05, 3.63) is 34.9 Å². The molecule has 1 aliphatic carbocycles. The van der Waals surface area contributed by atoms with Crippen LogP contribution in [0.3, 0.4) is 0 Å². The van der Waals surface area contributed by atoms with Gasteiger partial charge in [0, 0.05) is 29.9 Å². The van der Waals surface area contributed by atoms with Crippen molar-refractivity contribution in [1.82, 2.24) is 4.90 Å². The zero-order chi connectivity index (χ0) is 12.4. The highest BCUT2D eigenvalue weighted by Gasteiger charge is 2.28. The Morgan fingerprint density at radius 1 is 1.47 bits per heavy atom. The fourth-order valence-corrected chi connectivity index (χ4v) is 2.66. The third-order valence-corrected chi connectivity index (χ3v) is 3.97. The molecule has 0 radical (unpaired) electrons. The number of hydrogen-bond donors (Lipinski definition) is 0. The normalized spacial score (nSPS) is 22.1. The molecule has 1 aromatic rings. The summed E-state index contributed by atoms with van der Waals surface area (Å²) < 4.78 is 0. The van der Waals surface area contributed by atoms with Gasteiger partial charge in [-0.15, -0.1) is 0 Å². The zero-order valence-corrected chi connectivity index (χ0v) is 11.1. The molecule has 0 N–H and O–H groups in total. The summed E-state index contributed by atoms with van der Waals surface area (Å²) in [4.78, 5) is 13.6.